The molecular weight excluding hydrogens is 454 g/mol. The summed E-state index contributed by atoms with van der Waals surface area (Å²) in [6.07, 6.45) is 3.33. The second-order valence-electron chi connectivity index (χ2n) is 8.16. The van der Waals surface area contributed by atoms with Crippen molar-refractivity contribution in [3.05, 3.63) is 92.7 Å². The summed E-state index contributed by atoms with van der Waals surface area (Å²) in [5, 5.41) is 4.59. The van der Waals surface area contributed by atoms with Crippen molar-refractivity contribution in [1.82, 2.24) is 9.55 Å². The van der Waals surface area contributed by atoms with E-state index >= 15 is 0 Å². The van der Waals surface area contributed by atoms with Crippen LogP contribution in [-0.2, 0) is 17.6 Å². The van der Waals surface area contributed by atoms with Crippen LogP contribution in [0.4, 0.5) is 5.69 Å². The molecule has 5 rings (SSSR count). The third kappa shape index (κ3) is 4.41. The van der Waals surface area contributed by atoms with Gasteiger partial charge in [-0.2, -0.15) is 0 Å². The second kappa shape index (κ2) is 9.04. The molecule has 1 N–H and O–H groups in total. The summed E-state index contributed by atoms with van der Waals surface area (Å²) >= 11 is 7.44. The Morgan fingerprint density at radius 1 is 1.09 bits per heavy atom. The number of hydrogen-bond acceptors (Lipinski definition) is 4. The SMILES string of the molecule is Cc1cc(-n2c(SCC(=O)Nc3ccc4c(c3)CCC4)nc3ccccc3c2=O)ccc1Cl. The lowest BCUT2D eigenvalue weighted by Gasteiger charge is -2.14. The molecule has 0 atom stereocenters. The number of fused-ring (bicyclic) bond motifs is 2. The van der Waals surface area contributed by atoms with Crippen LogP contribution in [0.3, 0.4) is 0 Å². The van der Waals surface area contributed by atoms with E-state index in [9.17, 15) is 9.59 Å². The smallest absolute Gasteiger partial charge is 0.266 e. The standard InChI is InChI=1S/C26H22ClN3O2S/c1-16-13-20(11-12-22(16)27)30-25(32)21-7-2-3-8-23(21)29-26(30)33-15-24(31)28-19-10-9-17-5-4-6-18(17)14-19/h2-3,7-14H,4-6,15H2,1H3,(H,28,31). The zero-order valence-electron chi connectivity index (χ0n) is 18.1. The van der Waals surface area contributed by atoms with Gasteiger partial charge in [-0.05, 0) is 85.3 Å². The van der Waals surface area contributed by atoms with Gasteiger partial charge in [-0.3, -0.25) is 14.2 Å². The van der Waals surface area contributed by atoms with Gasteiger partial charge in [-0.1, -0.05) is 41.6 Å². The maximum atomic E-state index is 13.4. The molecule has 0 radical (unpaired) electrons. The predicted octanol–water partition coefficient (Wildman–Crippen LogP) is 5.57. The first kappa shape index (κ1) is 21.7. The van der Waals surface area contributed by atoms with E-state index in [1.165, 1.54) is 22.9 Å². The summed E-state index contributed by atoms with van der Waals surface area (Å²) < 4.78 is 1.55. The van der Waals surface area contributed by atoms with Gasteiger partial charge < -0.3 is 5.32 Å². The molecule has 0 spiro atoms. The van der Waals surface area contributed by atoms with Crippen LogP contribution in [0.1, 0.15) is 23.1 Å². The highest BCUT2D eigenvalue weighted by Gasteiger charge is 2.16. The Labute approximate surface area is 200 Å². The molecule has 0 aliphatic heterocycles. The average molecular weight is 476 g/mol. The van der Waals surface area contributed by atoms with Crippen molar-refractivity contribution < 1.29 is 4.79 Å². The number of amides is 1. The molecular formula is C26H22ClN3O2S. The molecule has 1 amide bonds. The Hall–Kier alpha value is -3.09. The van der Waals surface area contributed by atoms with Crippen LogP contribution in [-0.4, -0.2) is 21.2 Å². The van der Waals surface area contributed by atoms with E-state index < -0.39 is 0 Å². The molecule has 0 bridgehead atoms. The monoisotopic (exact) mass is 475 g/mol. The number of aromatic nitrogens is 2. The molecule has 5 nitrogen and oxygen atoms in total. The van der Waals surface area contributed by atoms with E-state index in [0.717, 1.165) is 30.5 Å². The third-order valence-corrected chi connectivity index (χ3v) is 7.22. The van der Waals surface area contributed by atoms with Gasteiger partial charge >= 0.3 is 0 Å². The minimum atomic E-state index is -0.177. The maximum Gasteiger partial charge on any atom is 0.266 e. The van der Waals surface area contributed by atoms with Crippen LogP contribution in [0.5, 0.6) is 0 Å². The zero-order valence-corrected chi connectivity index (χ0v) is 19.7. The maximum absolute atomic E-state index is 13.4. The van der Waals surface area contributed by atoms with Crippen molar-refractivity contribution in [3.63, 3.8) is 0 Å². The van der Waals surface area contributed by atoms with Crippen molar-refractivity contribution in [1.29, 1.82) is 0 Å². The summed E-state index contributed by atoms with van der Waals surface area (Å²) in [4.78, 5) is 30.8. The number of hydrogen-bond donors (Lipinski definition) is 1. The molecule has 0 saturated heterocycles. The summed E-state index contributed by atoms with van der Waals surface area (Å²) in [7, 11) is 0. The van der Waals surface area contributed by atoms with E-state index in [4.69, 9.17) is 16.6 Å². The molecule has 0 fully saturated rings. The van der Waals surface area contributed by atoms with Crippen LogP contribution in [0.15, 0.2) is 70.6 Å². The van der Waals surface area contributed by atoms with Crippen LogP contribution in [0, 0.1) is 6.92 Å². The molecule has 166 valence electrons. The van der Waals surface area contributed by atoms with Crippen molar-refractivity contribution in [2.24, 2.45) is 0 Å². The number of carbonyl (C=O) groups excluding carboxylic acids is 1. The van der Waals surface area contributed by atoms with E-state index in [0.29, 0.717) is 26.8 Å². The second-order valence-corrected chi connectivity index (χ2v) is 9.51. The minimum Gasteiger partial charge on any atom is -0.325 e. The average Bonchev–Trinajstić information content (AvgIpc) is 3.28. The summed E-state index contributed by atoms with van der Waals surface area (Å²) in [5.74, 6) is -0.00627. The number of carbonyl (C=O) groups is 1. The highest BCUT2D eigenvalue weighted by atomic mass is 35.5. The topological polar surface area (TPSA) is 64.0 Å². The highest BCUT2D eigenvalue weighted by Crippen LogP contribution is 2.26. The van der Waals surface area contributed by atoms with Gasteiger partial charge in [0.2, 0.25) is 5.91 Å². The van der Waals surface area contributed by atoms with Crippen molar-refractivity contribution in [2.75, 3.05) is 11.1 Å². The van der Waals surface area contributed by atoms with Crippen molar-refractivity contribution >= 4 is 45.9 Å². The first-order chi connectivity index (χ1) is 16.0. The number of halogens is 1. The summed E-state index contributed by atoms with van der Waals surface area (Å²) in [5.41, 5.74) is 5.43. The Bertz CT molecular complexity index is 1450. The molecule has 3 aromatic carbocycles. The Morgan fingerprint density at radius 2 is 1.91 bits per heavy atom. The molecule has 1 aromatic heterocycles. The summed E-state index contributed by atoms with van der Waals surface area (Å²) in [6.45, 7) is 1.89. The number of benzene rings is 3. The fraction of sp³-hybridized carbons (Fsp3) is 0.192. The van der Waals surface area contributed by atoms with Crippen molar-refractivity contribution in [2.45, 2.75) is 31.3 Å². The molecule has 33 heavy (non-hydrogen) atoms. The molecule has 1 aliphatic carbocycles. The van der Waals surface area contributed by atoms with Crippen LogP contribution in [0.25, 0.3) is 16.6 Å². The minimum absolute atomic E-state index is 0.133. The molecule has 7 heteroatoms. The van der Waals surface area contributed by atoms with Crippen LogP contribution < -0.4 is 10.9 Å². The van der Waals surface area contributed by atoms with Gasteiger partial charge in [-0.25, -0.2) is 4.98 Å². The van der Waals surface area contributed by atoms with Crippen LogP contribution in [0.2, 0.25) is 5.02 Å². The molecule has 1 aliphatic rings. The van der Waals surface area contributed by atoms with Gasteiger partial charge in [-0.15, -0.1) is 0 Å². The lowest BCUT2D eigenvalue weighted by molar-refractivity contribution is -0.113. The van der Waals surface area contributed by atoms with Crippen LogP contribution >= 0.6 is 23.4 Å². The molecule has 0 unspecified atom stereocenters. The largest absolute Gasteiger partial charge is 0.325 e. The quantitative estimate of drug-likeness (QED) is 0.303. The number of aryl methyl sites for hydroxylation is 3. The lowest BCUT2D eigenvalue weighted by atomic mass is 10.1. The number of para-hydroxylation sites is 1. The number of thioether (sulfide) groups is 1. The van der Waals surface area contributed by atoms with Gasteiger partial charge in [0.1, 0.15) is 0 Å². The van der Waals surface area contributed by atoms with E-state index in [1.54, 1.807) is 22.8 Å². The third-order valence-electron chi connectivity index (χ3n) is 5.86. The number of anilines is 1. The number of nitrogens with one attached hydrogen (secondary N) is 1. The van der Waals surface area contributed by atoms with Gasteiger partial charge in [0.05, 0.1) is 22.3 Å². The normalized spacial score (nSPS) is 12.7. The van der Waals surface area contributed by atoms with E-state index in [-0.39, 0.29) is 17.2 Å². The van der Waals surface area contributed by atoms with E-state index in [1.807, 2.05) is 37.3 Å². The lowest BCUT2D eigenvalue weighted by Crippen LogP contribution is -2.23. The van der Waals surface area contributed by atoms with Gasteiger partial charge in [0.25, 0.3) is 5.56 Å². The zero-order chi connectivity index (χ0) is 22.9. The molecule has 1 heterocycles. The molecule has 0 saturated carbocycles. The van der Waals surface area contributed by atoms with E-state index in [2.05, 4.69) is 17.4 Å². The number of rotatable bonds is 5. The predicted molar refractivity (Wildman–Crippen MR) is 135 cm³/mol. The Morgan fingerprint density at radius 3 is 2.76 bits per heavy atom. The fourth-order valence-corrected chi connectivity index (χ4v) is 5.11. The highest BCUT2D eigenvalue weighted by molar-refractivity contribution is 7.99. The van der Waals surface area contributed by atoms with Crippen molar-refractivity contribution in [3.8, 4) is 5.69 Å². The fourth-order valence-electron chi connectivity index (χ4n) is 4.18. The first-order valence-electron chi connectivity index (χ1n) is 10.8. The Kier molecular flexibility index (Phi) is 5.96. The van der Waals surface area contributed by atoms with Gasteiger partial charge in [0.15, 0.2) is 5.16 Å². The summed E-state index contributed by atoms with van der Waals surface area (Å²) in [6, 6.07) is 18.8. The Balaban J connectivity index is 1.45. The molecule has 4 aromatic rings. The van der Waals surface area contributed by atoms with Gasteiger partial charge in [0, 0.05) is 10.7 Å². The number of nitrogens with zero attached hydrogens (tertiary/aromatic N) is 2. The first-order valence-corrected chi connectivity index (χ1v) is 12.2.